The Morgan fingerprint density at radius 3 is 1.31 bits per heavy atom. The predicted molar refractivity (Wildman–Crippen MR) is 292 cm³/mol. The highest BCUT2D eigenvalue weighted by atomic mass is 31.2. The maximum atomic E-state index is 12.9. The molecule has 0 radical (unpaired) electrons. The first-order valence-electron chi connectivity index (χ1n) is 26.2. The number of amides is 1. The number of nitrogens with zero attached hydrogens (tertiary/aromatic N) is 1. The van der Waals surface area contributed by atoms with Crippen LogP contribution in [0.15, 0.2) is 146 Å². The lowest BCUT2D eigenvalue weighted by molar-refractivity contribution is -0.870. The van der Waals surface area contributed by atoms with Crippen molar-refractivity contribution in [3.8, 4) is 0 Å². The van der Waals surface area contributed by atoms with Gasteiger partial charge in [-0.05, 0) is 103 Å². The molecule has 0 saturated heterocycles. The predicted octanol–water partition coefficient (Wildman–Crippen LogP) is 15.1. The van der Waals surface area contributed by atoms with Gasteiger partial charge in [0.1, 0.15) is 13.2 Å². The minimum absolute atomic E-state index is 0.0164. The van der Waals surface area contributed by atoms with Crippen LogP contribution in [-0.4, -0.2) is 68.5 Å². The van der Waals surface area contributed by atoms with Crippen LogP contribution in [0.2, 0.25) is 0 Å². The van der Waals surface area contributed by atoms with E-state index >= 15 is 0 Å². The van der Waals surface area contributed by atoms with Crippen LogP contribution in [0.25, 0.3) is 0 Å². The Hall–Kier alpha value is -3.62. The number of aliphatic hydroxyl groups is 1. The molecule has 0 heterocycles. The first-order valence-corrected chi connectivity index (χ1v) is 27.7. The van der Waals surface area contributed by atoms with Crippen LogP contribution in [0.1, 0.15) is 168 Å². The standard InChI is InChI=1S/C59H97N2O6P/c1-6-8-10-12-14-16-17-18-19-20-21-22-23-24-25-26-27-28-29-30-31-32-33-34-35-36-37-38-39-40-41-42-43-45-47-49-51-53-59(63)60-57(56-67-68(64,65)66-55-54-61(3,4)5)58(62)52-50-48-46-44-15-13-11-9-7-2/h8,10,14,16,18-19,21-22,24-25,27-28,30-31,33-34,36-37,39-40,42-43,50,52,57-58,62H,6-7,9,11-13,15,17,20,23,26,29,32,35,38,41,44-49,51,53-56H2,1-5H3,(H-,60,63,64,65)/b10-8-,16-14-,19-18-,22-21-,25-24-,28-27-,31-30-,34-33-,37-36-,40-39-,43-42-,52-50+. The zero-order valence-corrected chi connectivity index (χ0v) is 44.4. The molecule has 384 valence electrons. The SMILES string of the molecule is CC/C=C\C/C=C\C/C=C\C/C=C\C/C=C\C/C=C\C/C=C\C/C=C\C/C=C\C/C=C\C/C=C\CCCCCC(=O)NC(COP(=O)([O-])OCC[N+](C)(C)C)C(O)/C=C/CCCCCCCCC. The van der Waals surface area contributed by atoms with Crippen molar-refractivity contribution in [1.82, 2.24) is 5.32 Å². The summed E-state index contributed by atoms with van der Waals surface area (Å²) in [5.74, 6) is -0.240. The third kappa shape index (κ3) is 50.3. The van der Waals surface area contributed by atoms with Gasteiger partial charge in [0.05, 0.1) is 39.9 Å². The van der Waals surface area contributed by atoms with Gasteiger partial charge in [0, 0.05) is 6.42 Å². The second-order valence-electron chi connectivity index (χ2n) is 18.1. The van der Waals surface area contributed by atoms with Gasteiger partial charge in [-0.1, -0.05) is 205 Å². The van der Waals surface area contributed by atoms with Gasteiger partial charge in [0.25, 0.3) is 7.82 Å². The van der Waals surface area contributed by atoms with Crippen LogP contribution in [0.3, 0.4) is 0 Å². The average molecular weight is 961 g/mol. The second-order valence-corrected chi connectivity index (χ2v) is 19.6. The summed E-state index contributed by atoms with van der Waals surface area (Å²) in [7, 11) is 1.21. The molecule has 0 spiro atoms. The molecular formula is C59H97N2O6P. The molecule has 0 bridgehead atoms. The highest BCUT2D eigenvalue weighted by Crippen LogP contribution is 2.38. The summed E-state index contributed by atoms with van der Waals surface area (Å²) in [6.45, 7) is 4.43. The molecule has 0 aromatic carbocycles. The van der Waals surface area contributed by atoms with Crippen molar-refractivity contribution in [3.63, 3.8) is 0 Å². The van der Waals surface area contributed by atoms with Crippen molar-refractivity contribution in [2.45, 2.75) is 180 Å². The van der Waals surface area contributed by atoms with Gasteiger partial charge >= 0.3 is 0 Å². The van der Waals surface area contributed by atoms with E-state index in [2.05, 4.69) is 153 Å². The summed E-state index contributed by atoms with van der Waals surface area (Å²) in [6.07, 6.45) is 75.0. The Kier molecular flexibility index (Phi) is 45.8. The van der Waals surface area contributed by atoms with Crippen LogP contribution < -0.4 is 10.2 Å². The van der Waals surface area contributed by atoms with Crippen molar-refractivity contribution < 1.29 is 32.9 Å². The van der Waals surface area contributed by atoms with Crippen molar-refractivity contribution in [3.05, 3.63) is 146 Å². The number of aliphatic hydroxyl groups excluding tert-OH is 1. The Balaban J connectivity index is 4.21. The zero-order chi connectivity index (χ0) is 49.9. The number of phosphoric acid groups is 1. The molecular weight excluding hydrogens is 864 g/mol. The van der Waals surface area contributed by atoms with E-state index in [1.807, 2.05) is 27.2 Å². The fourth-order valence-electron chi connectivity index (χ4n) is 6.45. The van der Waals surface area contributed by atoms with E-state index in [1.54, 1.807) is 6.08 Å². The van der Waals surface area contributed by atoms with Crippen LogP contribution >= 0.6 is 7.82 Å². The molecule has 1 amide bonds. The maximum Gasteiger partial charge on any atom is 0.268 e. The quantitative estimate of drug-likeness (QED) is 0.0272. The average Bonchev–Trinajstić information content (AvgIpc) is 3.30. The minimum Gasteiger partial charge on any atom is -0.756 e. The van der Waals surface area contributed by atoms with Crippen molar-refractivity contribution >= 4 is 13.7 Å². The number of quaternary nitrogens is 1. The topological polar surface area (TPSA) is 108 Å². The van der Waals surface area contributed by atoms with E-state index in [0.717, 1.165) is 109 Å². The van der Waals surface area contributed by atoms with Gasteiger partial charge in [-0.2, -0.15) is 0 Å². The van der Waals surface area contributed by atoms with E-state index in [-0.39, 0.29) is 12.5 Å². The van der Waals surface area contributed by atoms with E-state index in [0.29, 0.717) is 23.9 Å². The summed E-state index contributed by atoms with van der Waals surface area (Å²) >= 11 is 0. The monoisotopic (exact) mass is 961 g/mol. The van der Waals surface area contributed by atoms with Crippen LogP contribution in [-0.2, 0) is 18.4 Å². The number of hydrogen-bond donors (Lipinski definition) is 2. The summed E-state index contributed by atoms with van der Waals surface area (Å²) in [6, 6.07) is -0.913. The van der Waals surface area contributed by atoms with Crippen LogP contribution in [0.5, 0.6) is 0 Å². The van der Waals surface area contributed by atoms with E-state index in [4.69, 9.17) is 9.05 Å². The third-order valence-corrected chi connectivity index (χ3v) is 11.5. The summed E-state index contributed by atoms with van der Waals surface area (Å²) in [5, 5.41) is 13.7. The molecule has 0 rings (SSSR count). The number of nitrogens with one attached hydrogen (secondary N) is 1. The lowest BCUT2D eigenvalue weighted by atomic mass is 10.1. The number of likely N-dealkylation sites (N-methyl/N-ethyl adjacent to an activating group) is 1. The second kappa shape index (κ2) is 48.4. The molecule has 0 saturated carbocycles. The molecule has 8 nitrogen and oxygen atoms in total. The lowest BCUT2D eigenvalue weighted by Gasteiger charge is -2.29. The number of hydrogen-bond acceptors (Lipinski definition) is 6. The molecule has 3 atom stereocenters. The molecule has 0 aliphatic rings. The molecule has 0 aromatic heterocycles. The molecule has 68 heavy (non-hydrogen) atoms. The molecule has 0 fully saturated rings. The minimum atomic E-state index is -4.60. The fraction of sp³-hybridized carbons (Fsp3) is 0.576. The van der Waals surface area contributed by atoms with E-state index < -0.39 is 26.6 Å². The fourth-order valence-corrected chi connectivity index (χ4v) is 7.17. The number of rotatable bonds is 45. The van der Waals surface area contributed by atoms with Gasteiger partial charge in [-0.25, -0.2) is 0 Å². The largest absolute Gasteiger partial charge is 0.756 e. The Bertz CT molecular complexity index is 1610. The molecule has 9 heteroatoms. The molecule has 3 unspecified atom stereocenters. The molecule has 0 aliphatic carbocycles. The van der Waals surface area contributed by atoms with Crippen LogP contribution in [0, 0.1) is 0 Å². The highest BCUT2D eigenvalue weighted by molar-refractivity contribution is 7.45. The van der Waals surface area contributed by atoms with Crippen molar-refractivity contribution in [2.75, 3.05) is 40.9 Å². The van der Waals surface area contributed by atoms with Gasteiger partial charge in [0.15, 0.2) is 0 Å². The molecule has 2 N–H and O–H groups in total. The van der Waals surface area contributed by atoms with Crippen LogP contribution in [0.4, 0.5) is 0 Å². The summed E-state index contributed by atoms with van der Waals surface area (Å²) in [4.78, 5) is 25.3. The number of carbonyl (C=O) groups excluding carboxylic acids is 1. The summed E-state index contributed by atoms with van der Waals surface area (Å²) < 4.78 is 23.1. The summed E-state index contributed by atoms with van der Waals surface area (Å²) in [5.41, 5.74) is 0. The van der Waals surface area contributed by atoms with Crippen molar-refractivity contribution in [2.24, 2.45) is 0 Å². The number of unbranched alkanes of at least 4 members (excludes halogenated alkanes) is 10. The number of phosphoric ester groups is 1. The Labute approximate surface area is 417 Å². The first-order chi connectivity index (χ1) is 33.0. The smallest absolute Gasteiger partial charge is 0.268 e. The number of allylic oxidation sites excluding steroid dienone is 23. The zero-order valence-electron chi connectivity index (χ0n) is 43.5. The van der Waals surface area contributed by atoms with E-state index in [9.17, 15) is 19.4 Å². The van der Waals surface area contributed by atoms with Gasteiger partial charge < -0.3 is 28.8 Å². The molecule has 0 aliphatic heterocycles. The third-order valence-electron chi connectivity index (χ3n) is 10.6. The Morgan fingerprint density at radius 2 is 0.897 bits per heavy atom. The van der Waals surface area contributed by atoms with Gasteiger partial charge in [-0.3, -0.25) is 9.36 Å². The first kappa shape index (κ1) is 64.4. The van der Waals surface area contributed by atoms with E-state index in [1.165, 1.54) is 32.1 Å². The highest BCUT2D eigenvalue weighted by Gasteiger charge is 2.23. The lowest BCUT2D eigenvalue weighted by Crippen LogP contribution is -2.45. The maximum absolute atomic E-state index is 12.9. The number of carbonyl (C=O) groups is 1. The van der Waals surface area contributed by atoms with Gasteiger partial charge in [-0.15, -0.1) is 0 Å². The van der Waals surface area contributed by atoms with Gasteiger partial charge in [0.2, 0.25) is 5.91 Å². The normalized spacial score (nSPS) is 15.2. The van der Waals surface area contributed by atoms with Crippen molar-refractivity contribution in [1.29, 1.82) is 0 Å². The molecule has 0 aromatic rings. The Morgan fingerprint density at radius 1 is 0.529 bits per heavy atom.